The Labute approximate surface area is 137 Å². The minimum absolute atomic E-state index is 0.161. The zero-order chi connectivity index (χ0) is 17.6. The number of hydrogen-bond donors (Lipinski definition) is 1. The summed E-state index contributed by atoms with van der Waals surface area (Å²) < 4.78 is 10.5. The molecule has 0 aliphatic carbocycles. The maximum Gasteiger partial charge on any atom is 0.323 e. The van der Waals surface area contributed by atoms with Crippen molar-refractivity contribution in [2.45, 2.75) is 33.2 Å². The second kappa shape index (κ2) is 8.41. The molecule has 6 heteroatoms. The fourth-order valence-corrected chi connectivity index (χ4v) is 2.39. The highest BCUT2D eigenvalue weighted by Crippen LogP contribution is 2.28. The summed E-state index contributed by atoms with van der Waals surface area (Å²) in [5.41, 5.74) is 0.933. The van der Waals surface area contributed by atoms with Crippen molar-refractivity contribution < 1.29 is 24.2 Å². The molecule has 1 aromatic rings. The molecule has 0 bridgehead atoms. The largest absolute Gasteiger partial charge is 0.493 e. The maximum atomic E-state index is 12.5. The van der Waals surface area contributed by atoms with Crippen LogP contribution in [0.3, 0.4) is 0 Å². The van der Waals surface area contributed by atoms with Crippen LogP contribution in [-0.4, -0.2) is 48.7 Å². The molecule has 1 rings (SSSR count). The van der Waals surface area contributed by atoms with Crippen molar-refractivity contribution in [2.24, 2.45) is 5.92 Å². The van der Waals surface area contributed by atoms with Gasteiger partial charge in [0.1, 0.15) is 6.54 Å². The number of carbonyl (C=O) groups excluding carboxylic acids is 1. The highest BCUT2D eigenvalue weighted by Gasteiger charge is 2.25. The molecule has 23 heavy (non-hydrogen) atoms. The third-order valence-corrected chi connectivity index (χ3v) is 3.62. The van der Waals surface area contributed by atoms with Crippen molar-refractivity contribution >= 4 is 11.9 Å². The van der Waals surface area contributed by atoms with Crippen molar-refractivity contribution in [1.29, 1.82) is 0 Å². The van der Waals surface area contributed by atoms with E-state index in [2.05, 4.69) is 0 Å². The number of ether oxygens (including phenoxy) is 2. The molecule has 1 aromatic carbocycles. The topological polar surface area (TPSA) is 76.1 Å². The molecule has 0 spiro atoms. The molecule has 0 aromatic heterocycles. The van der Waals surface area contributed by atoms with Crippen LogP contribution in [0.5, 0.6) is 11.5 Å². The van der Waals surface area contributed by atoms with Crippen molar-refractivity contribution in [3.63, 3.8) is 0 Å². The van der Waals surface area contributed by atoms with Crippen molar-refractivity contribution in [3.05, 3.63) is 23.8 Å². The van der Waals surface area contributed by atoms with Crippen LogP contribution in [0.15, 0.2) is 18.2 Å². The van der Waals surface area contributed by atoms with Crippen LogP contribution in [0.1, 0.15) is 26.3 Å². The van der Waals surface area contributed by atoms with E-state index in [0.29, 0.717) is 17.9 Å². The first-order valence-corrected chi connectivity index (χ1v) is 7.53. The van der Waals surface area contributed by atoms with Gasteiger partial charge in [-0.25, -0.2) is 0 Å². The molecule has 1 atom stereocenters. The number of carboxylic acids is 1. The highest BCUT2D eigenvalue weighted by atomic mass is 16.5. The molecule has 0 aliphatic heterocycles. The van der Waals surface area contributed by atoms with Gasteiger partial charge in [-0.15, -0.1) is 0 Å². The number of nitrogens with zero attached hydrogens (tertiary/aromatic N) is 1. The number of amides is 1. The SMILES string of the molecule is COc1ccc(CC(C)C(=O)N(CC(=O)O)C(C)C)cc1OC. The average Bonchev–Trinajstić information content (AvgIpc) is 2.51. The molecule has 1 N–H and O–H groups in total. The van der Waals surface area contributed by atoms with Gasteiger partial charge in [-0.2, -0.15) is 0 Å². The van der Waals surface area contributed by atoms with Crippen molar-refractivity contribution in [2.75, 3.05) is 20.8 Å². The van der Waals surface area contributed by atoms with E-state index in [0.717, 1.165) is 5.56 Å². The number of aliphatic carboxylic acids is 1. The first kappa shape index (κ1) is 18.8. The second-order valence-corrected chi connectivity index (χ2v) is 5.75. The van der Waals surface area contributed by atoms with Gasteiger partial charge in [0.2, 0.25) is 5.91 Å². The lowest BCUT2D eigenvalue weighted by Crippen LogP contribution is -2.43. The molecule has 0 fully saturated rings. The Morgan fingerprint density at radius 1 is 1.13 bits per heavy atom. The van der Waals surface area contributed by atoms with Crippen LogP contribution in [0.25, 0.3) is 0 Å². The lowest BCUT2D eigenvalue weighted by molar-refractivity contribution is -0.147. The van der Waals surface area contributed by atoms with E-state index >= 15 is 0 Å². The first-order chi connectivity index (χ1) is 10.8. The summed E-state index contributed by atoms with van der Waals surface area (Å²) in [5.74, 6) is -0.266. The van der Waals surface area contributed by atoms with E-state index in [1.807, 2.05) is 26.0 Å². The lowest BCUT2D eigenvalue weighted by Gasteiger charge is -2.28. The van der Waals surface area contributed by atoms with Crippen molar-refractivity contribution in [3.8, 4) is 11.5 Å². The van der Waals surface area contributed by atoms with Gasteiger partial charge in [0, 0.05) is 12.0 Å². The Kier molecular flexibility index (Phi) is 6.88. The molecule has 128 valence electrons. The molecule has 1 unspecified atom stereocenters. The fourth-order valence-electron chi connectivity index (χ4n) is 2.39. The number of methoxy groups -OCH3 is 2. The zero-order valence-electron chi connectivity index (χ0n) is 14.3. The highest BCUT2D eigenvalue weighted by molar-refractivity contribution is 5.83. The molecule has 0 saturated carbocycles. The van der Waals surface area contributed by atoms with E-state index in [1.54, 1.807) is 27.2 Å². The minimum Gasteiger partial charge on any atom is -0.493 e. The fraction of sp³-hybridized carbons (Fsp3) is 0.529. The Hall–Kier alpha value is -2.24. The molecule has 0 radical (unpaired) electrons. The number of carboxylic acid groups (broad SMARTS) is 1. The van der Waals surface area contributed by atoms with Gasteiger partial charge in [-0.1, -0.05) is 13.0 Å². The van der Waals surface area contributed by atoms with Crippen LogP contribution < -0.4 is 9.47 Å². The van der Waals surface area contributed by atoms with E-state index in [4.69, 9.17) is 14.6 Å². The van der Waals surface area contributed by atoms with Gasteiger partial charge in [-0.05, 0) is 38.0 Å². The summed E-state index contributed by atoms with van der Waals surface area (Å²) in [4.78, 5) is 24.8. The van der Waals surface area contributed by atoms with Crippen LogP contribution >= 0.6 is 0 Å². The number of hydrogen-bond acceptors (Lipinski definition) is 4. The summed E-state index contributed by atoms with van der Waals surface area (Å²) in [7, 11) is 3.12. The summed E-state index contributed by atoms with van der Waals surface area (Å²) in [6.07, 6.45) is 0.502. The third-order valence-electron chi connectivity index (χ3n) is 3.62. The standard InChI is InChI=1S/C17H25NO5/c1-11(2)18(10-16(19)20)17(21)12(3)8-13-6-7-14(22-4)15(9-13)23-5/h6-7,9,11-12H,8,10H2,1-5H3,(H,19,20). The van der Waals surface area contributed by atoms with Crippen LogP contribution in [0.2, 0.25) is 0 Å². The molecular formula is C17H25NO5. The van der Waals surface area contributed by atoms with Gasteiger partial charge in [-0.3, -0.25) is 9.59 Å². The predicted octanol–water partition coefficient (Wildman–Crippen LogP) is 2.20. The molecule has 0 saturated heterocycles. The Balaban J connectivity index is 2.87. The van der Waals surface area contributed by atoms with Crippen molar-refractivity contribution in [1.82, 2.24) is 4.90 Å². The predicted molar refractivity (Wildman–Crippen MR) is 86.9 cm³/mol. The van der Waals surface area contributed by atoms with Gasteiger partial charge in [0.25, 0.3) is 0 Å². The molecular weight excluding hydrogens is 298 g/mol. The van der Waals surface area contributed by atoms with Gasteiger partial charge < -0.3 is 19.5 Å². The zero-order valence-corrected chi connectivity index (χ0v) is 14.3. The Morgan fingerprint density at radius 2 is 1.74 bits per heavy atom. The lowest BCUT2D eigenvalue weighted by atomic mass is 9.98. The molecule has 6 nitrogen and oxygen atoms in total. The Morgan fingerprint density at radius 3 is 2.22 bits per heavy atom. The van der Waals surface area contributed by atoms with E-state index in [-0.39, 0.29) is 24.4 Å². The number of benzene rings is 1. The van der Waals surface area contributed by atoms with E-state index in [9.17, 15) is 9.59 Å². The van der Waals surface area contributed by atoms with Gasteiger partial charge in [0.15, 0.2) is 11.5 Å². The summed E-state index contributed by atoms with van der Waals surface area (Å²) in [6.45, 7) is 5.14. The number of carbonyl (C=O) groups is 2. The minimum atomic E-state index is -1.01. The maximum absolute atomic E-state index is 12.5. The monoisotopic (exact) mass is 323 g/mol. The van der Waals surface area contributed by atoms with Crippen LogP contribution in [-0.2, 0) is 16.0 Å². The normalized spacial score (nSPS) is 11.9. The number of rotatable bonds is 8. The van der Waals surface area contributed by atoms with E-state index in [1.165, 1.54) is 4.90 Å². The second-order valence-electron chi connectivity index (χ2n) is 5.75. The average molecular weight is 323 g/mol. The van der Waals surface area contributed by atoms with Gasteiger partial charge >= 0.3 is 5.97 Å². The first-order valence-electron chi connectivity index (χ1n) is 7.53. The molecule has 0 heterocycles. The van der Waals surface area contributed by atoms with Crippen LogP contribution in [0.4, 0.5) is 0 Å². The summed E-state index contributed by atoms with van der Waals surface area (Å²) >= 11 is 0. The summed E-state index contributed by atoms with van der Waals surface area (Å²) in [6, 6.07) is 5.34. The smallest absolute Gasteiger partial charge is 0.323 e. The third kappa shape index (κ3) is 5.16. The summed E-state index contributed by atoms with van der Waals surface area (Å²) in [5, 5.41) is 8.95. The molecule has 0 aliphatic rings. The quantitative estimate of drug-likeness (QED) is 0.794. The van der Waals surface area contributed by atoms with E-state index < -0.39 is 5.97 Å². The Bertz CT molecular complexity index is 556. The van der Waals surface area contributed by atoms with Crippen LogP contribution in [0, 0.1) is 5.92 Å². The van der Waals surface area contributed by atoms with Gasteiger partial charge in [0.05, 0.1) is 14.2 Å². The molecule has 1 amide bonds.